The Hall–Kier alpha value is -0.720. The highest BCUT2D eigenvalue weighted by Gasteiger charge is 2.57. The number of Topliss-reactive ketones (excluding diaryl/α,β-unsaturated/α-hetero) is 1. The van der Waals surface area contributed by atoms with E-state index in [1.165, 1.54) is 17.1 Å². The second-order valence-electron chi connectivity index (χ2n) is 4.37. The van der Waals surface area contributed by atoms with Gasteiger partial charge >= 0.3 is 0 Å². The Morgan fingerprint density at radius 3 is 2.44 bits per heavy atom. The molecule has 5 heteroatoms. The summed E-state index contributed by atoms with van der Waals surface area (Å²) in [7, 11) is 0. The van der Waals surface area contributed by atoms with Crippen LogP contribution in [0.3, 0.4) is 0 Å². The number of carbonyl (C=O) groups is 3. The zero-order valence-corrected chi connectivity index (χ0v) is 11.1. The third-order valence-electron chi connectivity index (χ3n) is 3.48. The third-order valence-corrected chi connectivity index (χ3v) is 4.84. The predicted octanol–water partition coefficient (Wildman–Crippen LogP) is 0.942. The number of halogens is 1. The Kier molecular flexibility index (Phi) is 2.90. The molecule has 2 atom stereocenters. The van der Waals surface area contributed by atoms with Crippen LogP contribution in [0.2, 0.25) is 0 Å². The first-order valence-electron chi connectivity index (χ1n) is 5.12. The van der Waals surface area contributed by atoms with Crippen molar-refractivity contribution in [3.05, 3.63) is 12.2 Å². The van der Waals surface area contributed by atoms with E-state index < -0.39 is 0 Å². The molecular formula is C11H12INO3. The molecule has 1 aliphatic heterocycles. The highest BCUT2D eigenvalue weighted by molar-refractivity contribution is 14.1. The summed E-state index contributed by atoms with van der Waals surface area (Å²) in [6, 6.07) is 0. The third kappa shape index (κ3) is 1.70. The molecule has 1 heterocycles. The maximum Gasteiger partial charge on any atom is 0.253 e. The van der Waals surface area contributed by atoms with Gasteiger partial charge in [0.15, 0.2) is 0 Å². The molecule has 0 aromatic carbocycles. The summed E-state index contributed by atoms with van der Waals surface area (Å²) in [6.45, 7) is 1.97. The quantitative estimate of drug-likeness (QED) is 0.437. The van der Waals surface area contributed by atoms with Crippen LogP contribution in [-0.4, -0.2) is 33.5 Å². The summed E-state index contributed by atoms with van der Waals surface area (Å²) in [6.07, 6.45) is 3.36. The van der Waals surface area contributed by atoms with Crippen LogP contribution in [0.4, 0.5) is 0 Å². The van der Waals surface area contributed by atoms with E-state index in [0.29, 0.717) is 6.54 Å². The van der Waals surface area contributed by atoms with E-state index in [9.17, 15) is 14.4 Å². The van der Waals surface area contributed by atoms with Crippen molar-refractivity contribution in [2.24, 2.45) is 11.3 Å². The van der Waals surface area contributed by atoms with Crippen LogP contribution in [0.5, 0.6) is 0 Å². The molecule has 4 nitrogen and oxygen atoms in total. The van der Waals surface area contributed by atoms with E-state index in [4.69, 9.17) is 0 Å². The lowest BCUT2D eigenvalue weighted by molar-refractivity contribution is -0.137. The van der Waals surface area contributed by atoms with Crippen molar-refractivity contribution in [3.8, 4) is 0 Å². The molecule has 0 aromatic heterocycles. The molecule has 2 amide bonds. The summed E-state index contributed by atoms with van der Waals surface area (Å²) >= 11 is 2.20. The monoisotopic (exact) mass is 333 g/mol. The van der Waals surface area contributed by atoms with Gasteiger partial charge in [-0.2, -0.15) is 0 Å². The van der Waals surface area contributed by atoms with Crippen molar-refractivity contribution in [1.82, 2.24) is 4.90 Å². The number of rotatable bonds is 4. The number of nitrogens with zero attached hydrogens (tertiary/aromatic N) is 1. The molecule has 1 aliphatic carbocycles. The SMILES string of the molecule is CC(=O)C1(CI)CC1CN1C(=O)C=CC1=O. The van der Waals surface area contributed by atoms with Gasteiger partial charge in [0.1, 0.15) is 5.78 Å². The average Bonchev–Trinajstić information content (AvgIpc) is 2.88. The molecule has 1 saturated carbocycles. The van der Waals surface area contributed by atoms with Crippen LogP contribution in [-0.2, 0) is 14.4 Å². The van der Waals surface area contributed by atoms with Gasteiger partial charge in [-0.25, -0.2) is 0 Å². The topological polar surface area (TPSA) is 54.5 Å². The first kappa shape index (κ1) is 11.8. The van der Waals surface area contributed by atoms with Gasteiger partial charge in [0.05, 0.1) is 0 Å². The molecule has 0 aromatic rings. The smallest absolute Gasteiger partial charge is 0.253 e. The molecule has 0 saturated heterocycles. The van der Waals surface area contributed by atoms with Crippen molar-refractivity contribution in [1.29, 1.82) is 0 Å². The summed E-state index contributed by atoms with van der Waals surface area (Å²) in [5.74, 6) is -0.209. The Morgan fingerprint density at radius 2 is 2.06 bits per heavy atom. The van der Waals surface area contributed by atoms with Gasteiger partial charge in [-0.15, -0.1) is 0 Å². The molecule has 1 fully saturated rings. The Balaban J connectivity index is 2.01. The van der Waals surface area contributed by atoms with E-state index in [0.717, 1.165) is 10.8 Å². The van der Waals surface area contributed by atoms with Gasteiger partial charge < -0.3 is 0 Å². The van der Waals surface area contributed by atoms with Gasteiger partial charge in [-0.1, -0.05) is 22.6 Å². The Morgan fingerprint density at radius 1 is 1.50 bits per heavy atom. The van der Waals surface area contributed by atoms with Crippen molar-refractivity contribution < 1.29 is 14.4 Å². The summed E-state index contributed by atoms with van der Waals surface area (Å²) in [5, 5.41) is 0. The molecule has 2 rings (SSSR count). The second-order valence-corrected chi connectivity index (χ2v) is 5.13. The summed E-state index contributed by atoms with van der Waals surface area (Å²) < 4.78 is 0.758. The van der Waals surface area contributed by atoms with Crippen molar-refractivity contribution in [2.75, 3.05) is 11.0 Å². The minimum Gasteiger partial charge on any atom is -0.299 e. The second kappa shape index (κ2) is 3.94. The van der Waals surface area contributed by atoms with Crippen molar-refractivity contribution in [2.45, 2.75) is 13.3 Å². The molecule has 16 heavy (non-hydrogen) atoms. The van der Waals surface area contributed by atoms with Gasteiger partial charge in [0.2, 0.25) is 0 Å². The van der Waals surface area contributed by atoms with Crippen LogP contribution >= 0.6 is 22.6 Å². The normalized spacial score (nSPS) is 32.4. The minimum absolute atomic E-state index is 0.148. The van der Waals surface area contributed by atoms with Gasteiger partial charge in [-0.05, 0) is 19.3 Å². The van der Waals surface area contributed by atoms with E-state index >= 15 is 0 Å². The fourth-order valence-corrected chi connectivity index (χ4v) is 3.61. The Labute approximate surface area is 107 Å². The molecular weight excluding hydrogens is 321 g/mol. The van der Waals surface area contributed by atoms with E-state index in [-0.39, 0.29) is 28.9 Å². The summed E-state index contributed by atoms with van der Waals surface area (Å²) in [5.41, 5.74) is -0.288. The lowest BCUT2D eigenvalue weighted by Crippen LogP contribution is -2.34. The van der Waals surface area contributed by atoms with Crippen LogP contribution in [0, 0.1) is 11.3 Å². The van der Waals surface area contributed by atoms with Crippen LogP contribution < -0.4 is 0 Å². The van der Waals surface area contributed by atoms with Crippen molar-refractivity contribution >= 4 is 40.2 Å². The number of amides is 2. The largest absolute Gasteiger partial charge is 0.299 e. The van der Waals surface area contributed by atoms with E-state index in [2.05, 4.69) is 22.6 Å². The summed E-state index contributed by atoms with van der Waals surface area (Å²) in [4.78, 5) is 35.4. The standard InChI is InChI=1S/C11H12INO3/c1-7(14)11(6-12)4-8(11)5-13-9(15)2-3-10(13)16/h2-3,8H,4-6H2,1H3. The molecule has 0 spiro atoms. The predicted molar refractivity (Wildman–Crippen MR) is 66.0 cm³/mol. The number of alkyl halides is 1. The molecule has 2 unspecified atom stereocenters. The van der Waals surface area contributed by atoms with Crippen LogP contribution in [0.25, 0.3) is 0 Å². The molecule has 0 bridgehead atoms. The fourth-order valence-electron chi connectivity index (χ4n) is 2.14. The number of carbonyl (C=O) groups excluding carboxylic acids is 3. The zero-order valence-electron chi connectivity index (χ0n) is 8.90. The highest BCUT2D eigenvalue weighted by atomic mass is 127. The van der Waals surface area contributed by atoms with Gasteiger partial charge in [-0.3, -0.25) is 19.3 Å². The van der Waals surface area contributed by atoms with Crippen molar-refractivity contribution in [3.63, 3.8) is 0 Å². The molecule has 86 valence electrons. The van der Waals surface area contributed by atoms with E-state index in [1.54, 1.807) is 6.92 Å². The lowest BCUT2D eigenvalue weighted by Gasteiger charge is -2.16. The fraction of sp³-hybridized carbons (Fsp3) is 0.545. The first-order valence-corrected chi connectivity index (χ1v) is 6.64. The average molecular weight is 333 g/mol. The first-order chi connectivity index (χ1) is 7.51. The van der Waals surface area contributed by atoms with Crippen LogP contribution in [0.1, 0.15) is 13.3 Å². The number of ketones is 1. The molecule has 2 aliphatic rings. The zero-order chi connectivity index (χ0) is 11.9. The van der Waals surface area contributed by atoms with Crippen LogP contribution in [0.15, 0.2) is 12.2 Å². The van der Waals surface area contributed by atoms with Gasteiger partial charge in [0.25, 0.3) is 11.8 Å². The number of hydrogen-bond donors (Lipinski definition) is 0. The molecule has 0 N–H and O–H groups in total. The number of hydrogen-bond acceptors (Lipinski definition) is 3. The van der Waals surface area contributed by atoms with Gasteiger partial charge in [0, 0.05) is 28.5 Å². The highest BCUT2D eigenvalue weighted by Crippen LogP contribution is 2.54. The molecule has 0 radical (unpaired) electrons. The maximum atomic E-state index is 11.5. The lowest BCUT2D eigenvalue weighted by atomic mass is 10.0. The van der Waals surface area contributed by atoms with E-state index in [1.807, 2.05) is 0 Å². The minimum atomic E-state index is -0.288. The number of imide groups is 1. The Bertz CT molecular complexity index is 386. The maximum absolute atomic E-state index is 11.5.